The van der Waals surface area contributed by atoms with Gasteiger partial charge in [0, 0.05) is 18.6 Å². The summed E-state index contributed by atoms with van der Waals surface area (Å²) in [5.74, 6) is -0.950. The number of carbonyl (C=O) groups is 2. The van der Waals surface area contributed by atoms with Crippen molar-refractivity contribution < 1.29 is 19.4 Å². The minimum atomic E-state index is -0.702. The van der Waals surface area contributed by atoms with Gasteiger partial charge in [-0.05, 0) is 46.5 Å². The van der Waals surface area contributed by atoms with Crippen molar-refractivity contribution in [3.63, 3.8) is 0 Å². The molecule has 0 aromatic heterocycles. The van der Waals surface area contributed by atoms with Crippen LogP contribution in [0.1, 0.15) is 59.8 Å². The van der Waals surface area contributed by atoms with Crippen molar-refractivity contribution in [2.24, 2.45) is 5.92 Å². The molecule has 6 nitrogen and oxygen atoms in total. The minimum absolute atomic E-state index is 0.130. The number of ether oxygens (including phenoxy) is 1. The molecule has 3 unspecified atom stereocenters. The van der Waals surface area contributed by atoms with Gasteiger partial charge < -0.3 is 20.5 Å². The molecular formula is C16H30N2O4. The maximum atomic E-state index is 11.7. The van der Waals surface area contributed by atoms with Crippen molar-refractivity contribution >= 4 is 12.1 Å². The number of aliphatic carboxylic acids is 1. The second-order valence-corrected chi connectivity index (χ2v) is 7.05. The largest absolute Gasteiger partial charge is 0.481 e. The van der Waals surface area contributed by atoms with Gasteiger partial charge in [-0.3, -0.25) is 4.79 Å². The Kier molecular flexibility index (Phi) is 7.13. The summed E-state index contributed by atoms with van der Waals surface area (Å²) in [6.07, 6.45) is 3.81. The third-order valence-corrected chi connectivity index (χ3v) is 3.88. The van der Waals surface area contributed by atoms with E-state index in [0.717, 1.165) is 25.7 Å². The maximum Gasteiger partial charge on any atom is 0.407 e. The Morgan fingerprint density at radius 3 is 2.55 bits per heavy atom. The number of hydrogen-bond acceptors (Lipinski definition) is 4. The van der Waals surface area contributed by atoms with Gasteiger partial charge in [-0.15, -0.1) is 0 Å². The third-order valence-electron chi connectivity index (χ3n) is 3.88. The van der Waals surface area contributed by atoms with Crippen LogP contribution in [-0.2, 0) is 9.53 Å². The molecule has 0 spiro atoms. The molecular weight excluding hydrogens is 284 g/mol. The first-order chi connectivity index (χ1) is 10.2. The molecule has 0 aromatic rings. The molecule has 0 saturated heterocycles. The van der Waals surface area contributed by atoms with Crippen LogP contribution in [0, 0.1) is 5.92 Å². The zero-order valence-electron chi connectivity index (χ0n) is 14.1. The summed E-state index contributed by atoms with van der Waals surface area (Å²) in [4.78, 5) is 22.8. The summed E-state index contributed by atoms with van der Waals surface area (Å²) < 4.78 is 5.22. The van der Waals surface area contributed by atoms with Crippen molar-refractivity contribution in [1.82, 2.24) is 10.6 Å². The smallest absolute Gasteiger partial charge is 0.407 e. The molecule has 3 atom stereocenters. The van der Waals surface area contributed by atoms with Gasteiger partial charge in [0.15, 0.2) is 0 Å². The molecule has 1 rings (SSSR count). The highest BCUT2D eigenvalue weighted by atomic mass is 16.6. The summed E-state index contributed by atoms with van der Waals surface area (Å²) in [7, 11) is 0. The SMILES string of the molecule is CCC(CNC(=O)OC(C)(C)C)NC1CCCC(C(=O)O)C1. The van der Waals surface area contributed by atoms with Crippen LogP contribution in [0.3, 0.4) is 0 Å². The molecule has 1 aliphatic carbocycles. The molecule has 3 N–H and O–H groups in total. The number of carbonyl (C=O) groups excluding carboxylic acids is 1. The lowest BCUT2D eigenvalue weighted by atomic mass is 9.85. The Hall–Kier alpha value is -1.30. The number of hydrogen-bond donors (Lipinski definition) is 3. The Labute approximate surface area is 133 Å². The minimum Gasteiger partial charge on any atom is -0.481 e. The van der Waals surface area contributed by atoms with E-state index >= 15 is 0 Å². The quantitative estimate of drug-likeness (QED) is 0.701. The fourth-order valence-corrected chi connectivity index (χ4v) is 2.74. The van der Waals surface area contributed by atoms with Gasteiger partial charge >= 0.3 is 12.1 Å². The van der Waals surface area contributed by atoms with E-state index in [9.17, 15) is 9.59 Å². The Morgan fingerprint density at radius 2 is 2.00 bits per heavy atom. The van der Waals surface area contributed by atoms with E-state index in [1.165, 1.54) is 0 Å². The molecule has 0 aromatic carbocycles. The highest BCUT2D eigenvalue weighted by Crippen LogP contribution is 2.24. The summed E-state index contributed by atoms with van der Waals surface area (Å²) in [6.45, 7) is 8.02. The Balaban J connectivity index is 2.38. The fraction of sp³-hybridized carbons (Fsp3) is 0.875. The Morgan fingerprint density at radius 1 is 1.32 bits per heavy atom. The van der Waals surface area contributed by atoms with Crippen LogP contribution in [0.4, 0.5) is 4.79 Å². The molecule has 1 fully saturated rings. The van der Waals surface area contributed by atoms with Crippen LogP contribution in [0.25, 0.3) is 0 Å². The molecule has 1 amide bonds. The number of rotatable bonds is 6. The number of alkyl carbamates (subject to hydrolysis) is 1. The van der Waals surface area contributed by atoms with E-state index in [-0.39, 0.29) is 18.0 Å². The van der Waals surface area contributed by atoms with Crippen molar-refractivity contribution in [2.75, 3.05) is 6.54 Å². The topological polar surface area (TPSA) is 87.7 Å². The fourth-order valence-electron chi connectivity index (χ4n) is 2.74. The van der Waals surface area contributed by atoms with Crippen LogP contribution < -0.4 is 10.6 Å². The molecule has 128 valence electrons. The molecule has 0 radical (unpaired) electrons. The van der Waals surface area contributed by atoms with Gasteiger partial charge in [0.05, 0.1) is 5.92 Å². The first-order valence-electron chi connectivity index (χ1n) is 8.17. The lowest BCUT2D eigenvalue weighted by Gasteiger charge is -2.31. The van der Waals surface area contributed by atoms with Gasteiger partial charge in [0.1, 0.15) is 5.60 Å². The normalized spacial score (nSPS) is 23.6. The lowest BCUT2D eigenvalue weighted by molar-refractivity contribution is -0.143. The molecule has 1 saturated carbocycles. The van der Waals surface area contributed by atoms with Crippen LogP contribution in [0.15, 0.2) is 0 Å². The molecule has 6 heteroatoms. The number of nitrogens with one attached hydrogen (secondary N) is 2. The first-order valence-corrected chi connectivity index (χ1v) is 8.17. The molecule has 0 heterocycles. The third kappa shape index (κ3) is 7.11. The zero-order valence-corrected chi connectivity index (χ0v) is 14.1. The van der Waals surface area contributed by atoms with Crippen LogP contribution >= 0.6 is 0 Å². The predicted molar refractivity (Wildman–Crippen MR) is 84.8 cm³/mol. The van der Waals surface area contributed by atoms with Crippen molar-refractivity contribution in [3.05, 3.63) is 0 Å². The van der Waals surface area contributed by atoms with Crippen LogP contribution in [0.2, 0.25) is 0 Å². The van der Waals surface area contributed by atoms with E-state index in [2.05, 4.69) is 10.6 Å². The van der Waals surface area contributed by atoms with Crippen molar-refractivity contribution in [2.45, 2.75) is 77.5 Å². The van der Waals surface area contributed by atoms with Crippen LogP contribution in [0.5, 0.6) is 0 Å². The first kappa shape index (κ1) is 18.7. The molecule has 0 aliphatic heterocycles. The Bertz CT molecular complexity index is 379. The van der Waals surface area contributed by atoms with E-state index in [1.807, 2.05) is 27.7 Å². The molecule has 22 heavy (non-hydrogen) atoms. The van der Waals surface area contributed by atoms with Gasteiger partial charge in [0.25, 0.3) is 0 Å². The maximum absolute atomic E-state index is 11.7. The zero-order chi connectivity index (χ0) is 16.8. The van der Waals surface area contributed by atoms with Gasteiger partial charge in [0.2, 0.25) is 0 Å². The van der Waals surface area contributed by atoms with Crippen molar-refractivity contribution in [1.29, 1.82) is 0 Å². The summed E-state index contributed by atoms with van der Waals surface area (Å²) in [6, 6.07) is 0.338. The molecule has 0 bridgehead atoms. The summed E-state index contributed by atoms with van der Waals surface area (Å²) >= 11 is 0. The predicted octanol–water partition coefficient (Wildman–Crippen LogP) is 2.52. The summed E-state index contributed by atoms with van der Waals surface area (Å²) in [5.41, 5.74) is -0.503. The number of amides is 1. The number of carboxylic acids is 1. The van der Waals surface area contributed by atoms with Gasteiger partial charge in [-0.25, -0.2) is 4.79 Å². The van der Waals surface area contributed by atoms with Crippen LogP contribution in [-0.4, -0.2) is 41.4 Å². The second-order valence-electron chi connectivity index (χ2n) is 7.05. The highest BCUT2D eigenvalue weighted by molar-refractivity contribution is 5.70. The average molecular weight is 314 g/mol. The van der Waals surface area contributed by atoms with Gasteiger partial charge in [-0.2, -0.15) is 0 Å². The lowest BCUT2D eigenvalue weighted by Crippen LogP contribution is -2.48. The molecule has 1 aliphatic rings. The monoisotopic (exact) mass is 314 g/mol. The standard InChI is InChI=1S/C16H30N2O4/c1-5-12(10-17-15(21)22-16(2,3)4)18-13-8-6-7-11(9-13)14(19)20/h11-13,18H,5-10H2,1-4H3,(H,17,21)(H,19,20). The second kappa shape index (κ2) is 8.36. The van der Waals surface area contributed by atoms with E-state index in [1.54, 1.807) is 0 Å². The van der Waals surface area contributed by atoms with Gasteiger partial charge in [-0.1, -0.05) is 13.3 Å². The van der Waals surface area contributed by atoms with Crippen molar-refractivity contribution in [3.8, 4) is 0 Å². The highest BCUT2D eigenvalue weighted by Gasteiger charge is 2.28. The number of carboxylic acid groups (broad SMARTS) is 1. The van der Waals surface area contributed by atoms with E-state index in [0.29, 0.717) is 13.0 Å². The van der Waals surface area contributed by atoms with E-state index < -0.39 is 17.7 Å². The average Bonchev–Trinajstić information content (AvgIpc) is 2.41. The van der Waals surface area contributed by atoms with E-state index in [4.69, 9.17) is 9.84 Å². The summed E-state index contributed by atoms with van der Waals surface area (Å²) in [5, 5.41) is 15.4.